The summed E-state index contributed by atoms with van der Waals surface area (Å²) in [5.74, 6) is 0. The zero-order chi connectivity index (χ0) is 12.3. The van der Waals surface area contributed by atoms with Crippen LogP contribution in [-0.4, -0.2) is 9.78 Å². The highest BCUT2D eigenvalue weighted by Gasteiger charge is 2.05. The molecule has 1 aromatic heterocycles. The lowest BCUT2D eigenvalue weighted by Gasteiger charge is -2.06. The molecule has 1 N–H and O–H groups in total. The maximum Gasteiger partial charge on any atom is 0.269 e. The van der Waals surface area contributed by atoms with Gasteiger partial charge in [0.15, 0.2) is 0 Å². The smallest absolute Gasteiger partial charge is 0.269 e. The summed E-state index contributed by atoms with van der Waals surface area (Å²) in [5.41, 5.74) is 1.91. The zero-order valence-corrected chi connectivity index (χ0v) is 10.1. The SMILES string of the molecule is Cc1c[nH]n(C(C)C=Cc2ccccc2)c1=O. The first-order chi connectivity index (χ1) is 8.18. The third-order valence-electron chi connectivity index (χ3n) is 2.75. The molecular weight excluding hydrogens is 212 g/mol. The molecule has 88 valence electrons. The maximum absolute atomic E-state index is 11.7. The highest BCUT2D eigenvalue weighted by molar-refractivity contribution is 5.49. The number of H-pyrrole nitrogens is 1. The number of hydrogen-bond donors (Lipinski definition) is 1. The van der Waals surface area contributed by atoms with Crippen molar-refractivity contribution in [3.63, 3.8) is 0 Å². The first-order valence-corrected chi connectivity index (χ1v) is 5.68. The summed E-state index contributed by atoms with van der Waals surface area (Å²) in [4.78, 5) is 11.7. The Bertz CT molecular complexity index is 563. The van der Waals surface area contributed by atoms with E-state index in [-0.39, 0.29) is 11.6 Å². The van der Waals surface area contributed by atoms with Crippen molar-refractivity contribution in [2.75, 3.05) is 0 Å². The Morgan fingerprint density at radius 2 is 2.00 bits per heavy atom. The lowest BCUT2D eigenvalue weighted by Crippen LogP contribution is -2.20. The molecule has 0 aliphatic heterocycles. The van der Waals surface area contributed by atoms with Gasteiger partial charge in [-0.1, -0.05) is 42.5 Å². The molecule has 0 aliphatic carbocycles. The molecule has 1 heterocycles. The number of nitrogens with one attached hydrogen (secondary N) is 1. The van der Waals surface area contributed by atoms with Crippen molar-refractivity contribution < 1.29 is 0 Å². The van der Waals surface area contributed by atoms with Crippen LogP contribution in [0.4, 0.5) is 0 Å². The van der Waals surface area contributed by atoms with Crippen molar-refractivity contribution in [1.82, 2.24) is 9.78 Å². The number of aromatic nitrogens is 2. The van der Waals surface area contributed by atoms with Crippen LogP contribution in [0.2, 0.25) is 0 Å². The summed E-state index contributed by atoms with van der Waals surface area (Å²) in [6.45, 7) is 3.79. The van der Waals surface area contributed by atoms with Gasteiger partial charge in [-0.25, -0.2) is 4.68 Å². The summed E-state index contributed by atoms with van der Waals surface area (Å²) in [6, 6.07) is 10.1. The minimum absolute atomic E-state index is 0.0245. The fourth-order valence-electron chi connectivity index (χ4n) is 1.68. The third-order valence-corrected chi connectivity index (χ3v) is 2.75. The average molecular weight is 228 g/mol. The highest BCUT2D eigenvalue weighted by atomic mass is 16.1. The van der Waals surface area contributed by atoms with Crippen LogP contribution in [0.5, 0.6) is 0 Å². The van der Waals surface area contributed by atoms with Gasteiger partial charge in [-0.05, 0) is 19.4 Å². The van der Waals surface area contributed by atoms with Gasteiger partial charge in [0.25, 0.3) is 5.56 Å². The molecular formula is C14H16N2O. The molecule has 1 aromatic carbocycles. The molecule has 1 atom stereocenters. The van der Waals surface area contributed by atoms with Crippen LogP contribution in [0, 0.1) is 6.92 Å². The molecule has 0 saturated heterocycles. The van der Waals surface area contributed by atoms with E-state index in [0.29, 0.717) is 0 Å². The topological polar surface area (TPSA) is 37.8 Å². The van der Waals surface area contributed by atoms with Crippen LogP contribution in [0.15, 0.2) is 47.4 Å². The van der Waals surface area contributed by atoms with Gasteiger partial charge < -0.3 is 5.10 Å². The van der Waals surface area contributed by atoms with E-state index in [9.17, 15) is 4.79 Å². The zero-order valence-electron chi connectivity index (χ0n) is 10.1. The number of nitrogens with zero attached hydrogens (tertiary/aromatic N) is 1. The highest BCUT2D eigenvalue weighted by Crippen LogP contribution is 2.08. The Morgan fingerprint density at radius 1 is 1.29 bits per heavy atom. The monoisotopic (exact) mass is 228 g/mol. The van der Waals surface area contributed by atoms with Crippen LogP contribution in [0.3, 0.4) is 0 Å². The van der Waals surface area contributed by atoms with Gasteiger partial charge in [0.05, 0.1) is 6.04 Å². The molecule has 0 radical (unpaired) electrons. The second kappa shape index (κ2) is 4.87. The van der Waals surface area contributed by atoms with Gasteiger partial charge >= 0.3 is 0 Å². The first kappa shape index (κ1) is 11.5. The van der Waals surface area contributed by atoms with E-state index >= 15 is 0 Å². The van der Waals surface area contributed by atoms with Gasteiger partial charge in [-0.3, -0.25) is 4.79 Å². The second-order valence-electron chi connectivity index (χ2n) is 4.14. The molecule has 3 nitrogen and oxygen atoms in total. The van der Waals surface area contributed by atoms with Gasteiger partial charge in [0.1, 0.15) is 0 Å². The quantitative estimate of drug-likeness (QED) is 0.861. The molecule has 2 aromatic rings. The minimum atomic E-state index is 0.0245. The van der Waals surface area contributed by atoms with Crippen LogP contribution < -0.4 is 5.56 Å². The fraction of sp³-hybridized carbons (Fsp3) is 0.214. The normalized spacial score (nSPS) is 13.1. The number of aromatic amines is 1. The Hall–Kier alpha value is -2.03. The van der Waals surface area contributed by atoms with Crippen molar-refractivity contribution in [2.24, 2.45) is 0 Å². The fourth-order valence-corrected chi connectivity index (χ4v) is 1.68. The number of benzene rings is 1. The van der Waals surface area contributed by atoms with Crippen LogP contribution in [0.1, 0.15) is 24.1 Å². The molecule has 0 aliphatic rings. The molecule has 0 bridgehead atoms. The lowest BCUT2D eigenvalue weighted by atomic mass is 10.2. The Labute approximate surface area is 100 Å². The standard InChI is InChI=1S/C14H16N2O/c1-11-10-15-16(14(11)17)12(2)8-9-13-6-4-3-5-7-13/h3-10,12,15H,1-2H3. The summed E-state index contributed by atoms with van der Waals surface area (Å²) < 4.78 is 1.62. The minimum Gasteiger partial charge on any atom is -0.302 e. The van der Waals surface area contributed by atoms with E-state index < -0.39 is 0 Å². The molecule has 0 saturated carbocycles. The average Bonchev–Trinajstić information content (AvgIpc) is 2.69. The number of hydrogen-bond acceptors (Lipinski definition) is 1. The van der Waals surface area contributed by atoms with Crippen molar-refractivity contribution in [3.8, 4) is 0 Å². The van der Waals surface area contributed by atoms with Crippen molar-refractivity contribution in [2.45, 2.75) is 19.9 Å². The second-order valence-corrected chi connectivity index (χ2v) is 4.14. The lowest BCUT2D eigenvalue weighted by molar-refractivity contribution is 0.564. The number of allylic oxidation sites excluding steroid dienone is 1. The van der Waals surface area contributed by atoms with Crippen LogP contribution >= 0.6 is 0 Å². The molecule has 0 amide bonds. The molecule has 1 unspecified atom stereocenters. The van der Waals surface area contributed by atoms with Crippen molar-refractivity contribution >= 4 is 6.08 Å². The Kier molecular flexibility index (Phi) is 3.28. The van der Waals surface area contributed by atoms with Crippen molar-refractivity contribution in [3.05, 3.63) is 64.1 Å². The predicted octanol–water partition coefficient (Wildman–Crippen LogP) is 2.76. The van der Waals surface area contributed by atoms with E-state index in [0.717, 1.165) is 11.1 Å². The van der Waals surface area contributed by atoms with E-state index in [4.69, 9.17) is 0 Å². The number of rotatable bonds is 3. The van der Waals surface area contributed by atoms with Crippen molar-refractivity contribution in [1.29, 1.82) is 0 Å². The van der Waals surface area contributed by atoms with Gasteiger partial charge in [0.2, 0.25) is 0 Å². The van der Waals surface area contributed by atoms with E-state index in [1.807, 2.05) is 56.3 Å². The van der Waals surface area contributed by atoms with E-state index in [2.05, 4.69) is 5.10 Å². The summed E-state index contributed by atoms with van der Waals surface area (Å²) in [7, 11) is 0. The van der Waals surface area contributed by atoms with Gasteiger partial charge in [-0.2, -0.15) is 0 Å². The van der Waals surface area contributed by atoms with Crippen LogP contribution in [-0.2, 0) is 0 Å². The van der Waals surface area contributed by atoms with Gasteiger partial charge in [0, 0.05) is 11.8 Å². The Morgan fingerprint density at radius 3 is 2.59 bits per heavy atom. The largest absolute Gasteiger partial charge is 0.302 e. The van der Waals surface area contributed by atoms with E-state index in [1.165, 1.54) is 0 Å². The summed E-state index contributed by atoms with van der Waals surface area (Å²) in [6.07, 6.45) is 5.76. The molecule has 0 fully saturated rings. The van der Waals surface area contributed by atoms with Gasteiger partial charge in [-0.15, -0.1) is 0 Å². The molecule has 0 spiro atoms. The molecule has 3 heteroatoms. The van der Waals surface area contributed by atoms with Crippen LogP contribution in [0.25, 0.3) is 6.08 Å². The molecule has 2 rings (SSSR count). The number of aryl methyl sites for hydroxylation is 1. The third kappa shape index (κ3) is 2.56. The summed E-state index contributed by atoms with van der Waals surface area (Å²) in [5, 5.41) is 2.96. The maximum atomic E-state index is 11.7. The molecule has 17 heavy (non-hydrogen) atoms. The first-order valence-electron chi connectivity index (χ1n) is 5.68. The predicted molar refractivity (Wildman–Crippen MR) is 70.0 cm³/mol. The van der Waals surface area contributed by atoms with E-state index in [1.54, 1.807) is 10.9 Å². The summed E-state index contributed by atoms with van der Waals surface area (Å²) >= 11 is 0. The Balaban J connectivity index is 2.17.